The third-order valence-electron chi connectivity index (χ3n) is 7.56. The van der Waals surface area contributed by atoms with E-state index in [1.165, 1.54) is 28.5 Å². The molecule has 42 heavy (non-hydrogen) atoms. The molecule has 0 aliphatic carbocycles. The van der Waals surface area contributed by atoms with Crippen LogP contribution in [-0.2, 0) is 4.79 Å². The van der Waals surface area contributed by atoms with E-state index in [0.717, 1.165) is 33.9 Å². The van der Waals surface area contributed by atoms with E-state index in [0.29, 0.717) is 22.3 Å². The van der Waals surface area contributed by atoms with Crippen LogP contribution in [0.25, 0.3) is 11.8 Å². The van der Waals surface area contributed by atoms with Crippen LogP contribution in [0.3, 0.4) is 0 Å². The fourth-order valence-electron chi connectivity index (χ4n) is 5.38. The van der Waals surface area contributed by atoms with Gasteiger partial charge in [0.15, 0.2) is 11.0 Å². The molecular weight excluding hydrogens is 538 g/mol. The van der Waals surface area contributed by atoms with Gasteiger partial charge in [-0.05, 0) is 99.2 Å². The van der Waals surface area contributed by atoms with E-state index >= 15 is 0 Å². The van der Waals surface area contributed by atoms with Gasteiger partial charge in [0, 0.05) is 22.6 Å². The number of anilines is 1. The van der Waals surface area contributed by atoms with Crippen molar-refractivity contribution in [2.45, 2.75) is 54.4 Å². The largest absolute Gasteiger partial charge is 0.318 e. The van der Waals surface area contributed by atoms with Crippen molar-refractivity contribution in [1.29, 1.82) is 0 Å². The highest BCUT2D eigenvalue weighted by Crippen LogP contribution is 2.31. The van der Waals surface area contributed by atoms with Crippen molar-refractivity contribution in [2.75, 3.05) is 10.7 Å². The number of ketones is 1. The van der Waals surface area contributed by atoms with E-state index < -0.39 is 0 Å². The minimum absolute atomic E-state index is 0.00411. The maximum atomic E-state index is 13.7. The van der Waals surface area contributed by atoms with Crippen molar-refractivity contribution < 1.29 is 9.59 Å². The first-order valence-electron chi connectivity index (χ1n) is 14.3. The zero-order chi connectivity index (χ0) is 30.1. The number of rotatable bonds is 7. The van der Waals surface area contributed by atoms with E-state index in [1.807, 2.05) is 69.3 Å². The Bertz CT molecular complexity index is 1700. The number of hydrogen-bond acceptors (Lipinski definition) is 4. The first kappa shape index (κ1) is 29.3. The SMILES string of the molecule is Cc1ccc(N2C(=O)/C(=C\c3ccc(C(C)C)cc3)N=C2SCC(=O)c2cc(C)n(-c3cc(C)cc(C)c3)c2C)cc1. The van der Waals surface area contributed by atoms with Crippen LogP contribution in [-0.4, -0.2) is 27.2 Å². The Morgan fingerprint density at radius 1 is 0.833 bits per heavy atom. The number of aliphatic imine (C=N–C) groups is 1. The maximum absolute atomic E-state index is 13.7. The molecular formula is C36H37N3O2S. The highest BCUT2D eigenvalue weighted by molar-refractivity contribution is 8.14. The number of aromatic nitrogens is 1. The van der Waals surface area contributed by atoms with E-state index in [2.05, 4.69) is 62.6 Å². The molecule has 0 fully saturated rings. The Kier molecular flexibility index (Phi) is 8.37. The summed E-state index contributed by atoms with van der Waals surface area (Å²) in [6.07, 6.45) is 1.82. The minimum Gasteiger partial charge on any atom is -0.318 e. The monoisotopic (exact) mass is 575 g/mol. The van der Waals surface area contributed by atoms with Crippen LogP contribution in [0.5, 0.6) is 0 Å². The summed E-state index contributed by atoms with van der Waals surface area (Å²) in [6, 6.07) is 24.4. The summed E-state index contributed by atoms with van der Waals surface area (Å²) in [4.78, 5) is 33.6. The smallest absolute Gasteiger partial charge is 0.283 e. The lowest BCUT2D eigenvalue weighted by Crippen LogP contribution is -2.30. The molecule has 214 valence electrons. The second-order valence-electron chi connectivity index (χ2n) is 11.4. The minimum atomic E-state index is -0.199. The van der Waals surface area contributed by atoms with Crippen molar-refractivity contribution in [2.24, 2.45) is 4.99 Å². The van der Waals surface area contributed by atoms with Crippen molar-refractivity contribution in [3.63, 3.8) is 0 Å². The van der Waals surface area contributed by atoms with Crippen LogP contribution in [0.15, 0.2) is 83.5 Å². The quantitative estimate of drug-likeness (QED) is 0.164. The van der Waals surface area contributed by atoms with Gasteiger partial charge in [-0.3, -0.25) is 14.5 Å². The van der Waals surface area contributed by atoms with Crippen LogP contribution < -0.4 is 4.90 Å². The Morgan fingerprint density at radius 3 is 2.10 bits per heavy atom. The number of carbonyl (C=O) groups excluding carboxylic acids is 2. The summed E-state index contributed by atoms with van der Waals surface area (Å²) in [5.74, 6) is 0.405. The summed E-state index contributed by atoms with van der Waals surface area (Å²) >= 11 is 1.30. The van der Waals surface area contributed by atoms with Gasteiger partial charge in [0.1, 0.15) is 5.70 Å². The Labute approximate surface area is 253 Å². The van der Waals surface area contributed by atoms with E-state index in [4.69, 9.17) is 4.99 Å². The van der Waals surface area contributed by atoms with E-state index in [-0.39, 0.29) is 17.4 Å². The molecule has 0 bridgehead atoms. The van der Waals surface area contributed by atoms with E-state index in [9.17, 15) is 9.59 Å². The Hall–Kier alpha value is -4.16. The summed E-state index contributed by atoms with van der Waals surface area (Å²) in [5, 5.41) is 0.505. The van der Waals surface area contributed by atoms with Crippen molar-refractivity contribution in [3.8, 4) is 5.69 Å². The lowest BCUT2D eigenvalue weighted by molar-refractivity contribution is -0.113. The fourth-order valence-corrected chi connectivity index (χ4v) is 6.28. The predicted molar refractivity (Wildman–Crippen MR) is 176 cm³/mol. The van der Waals surface area contributed by atoms with Crippen LogP contribution in [0.1, 0.15) is 69.3 Å². The van der Waals surface area contributed by atoms with Gasteiger partial charge in [-0.15, -0.1) is 0 Å². The summed E-state index contributed by atoms with van der Waals surface area (Å²) in [6.45, 7) is 14.5. The number of carbonyl (C=O) groups is 2. The van der Waals surface area contributed by atoms with Crippen molar-refractivity contribution in [1.82, 2.24) is 4.57 Å². The molecule has 1 aliphatic heterocycles. The molecule has 0 unspecified atom stereocenters. The van der Waals surface area contributed by atoms with Crippen LogP contribution >= 0.6 is 11.8 Å². The van der Waals surface area contributed by atoms with Gasteiger partial charge >= 0.3 is 0 Å². The zero-order valence-corrected chi connectivity index (χ0v) is 26.2. The lowest BCUT2D eigenvalue weighted by Gasteiger charge is -2.18. The molecule has 0 saturated heterocycles. The molecule has 5 rings (SSSR count). The molecule has 5 nitrogen and oxygen atoms in total. The standard InChI is InChI=1S/C36H37N3O2S/c1-22(2)29-12-10-28(11-13-29)20-33-35(41)39(30-14-8-23(3)9-15-30)36(37-33)42-21-34(40)32-19-26(6)38(27(32)7)31-17-24(4)16-25(5)18-31/h8-20,22H,21H2,1-7H3/b33-20+. The Morgan fingerprint density at radius 2 is 1.48 bits per heavy atom. The van der Waals surface area contributed by atoms with Gasteiger partial charge in [0.2, 0.25) is 0 Å². The molecule has 2 heterocycles. The number of amidine groups is 1. The normalized spacial score (nSPS) is 14.3. The predicted octanol–water partition coefficient (Wildman–Crippen LogP) is 8.50. The Balaban J connectivity index is 1.43. The van der Waals surface area contributed by atoms with Gasteiger partial charge in [0.05, 0.1) is 11.4 Å². The number of benzene rings is 3. The molecule has 3 aromatic carbocycles. The van der Waals surface area contributed by atoms with Gasteiger partial charge < -0.3 is 4.57 Å². The number of thioether (sulfide) groups is 1. The number of Topliss-reactive ketones (excluding diaryl/α,β-unsaturated/α-hetero) is 1. The molecule has 0 radical (unpaired) electrons. The number of amides is 1. The van der Waals surface area contributed by atoms with Gasteiger partial charge in [-0.25, -0.2) is 4.99 Å². The first-order chi connectivity index (χ1) is 20.0. The third kappa shape index (κ3) is 6.04. The molecule has 0 spiro atoms. The highest BCUT2D eigenvalue weighted by atomic mass is 32.2. The van der Waals surface area contributed by atoms with Crippen LogP contribution in [0.4, 0.5) is 5.69 Å². The van der Waals surface area contributed by atoms with Crippen LogP contribution in [0.2, 0.25) is 0 Å². The second kappa shape index (κ2) is 12.0. The summed E-state index contributed by atoms with van der Waals surface area (Å²) < 4.78 is 2.14. The van der Waals surface area contributed by atoms with Crippen molar-refractivity contribution in [3.05, 3.63) is 123 Å². The molecule has 1 amide bonds. The number of aryl methyl sites for hydroxylation is 4. The van der Waals surface area contributed by atoms with Crippen LogP contribution in [0, 0.1) is 34.6 Å². The first-order valence-corrected chi connectivity index (χ1v) is 15.3. The molecule has 0 N–H and O–H groups in total. The zero-order valence-electron chi connectivity index (χ0n) is 25.4. The summed E-state index contributed by atoms with van der Waals surface area (Å²) in [7, 11) is 0. The number of hydrogen-bond donors (Lipinski definition) is 0. The highest BCUT2D eigenvalue weighted by Gasteiger charge is 2.32. The van der Waals surface area contributed by atoms with E-state index in [1.54, 1.807) is 4.90 Å². The molecule has 0 atom stereocenters. The average molecular weight is 576 g/mol. The molecule has 6 heteroatoms. The van der Waals surface area contributed by atoms with Gasteiger partial charge in [-0.1, -0.05) is 73.6 Å². The van der Waals surface area contributed by atoms with Crippen molar-refractivity contribution >= 4 is 40.4 Å². The topological polar surface area (TPSA) is 54.7 Å². The third-order valence-corrected chi connectivity index (χ3v) is 8.50. The number of nitrogens with zero attached hydrogens (tertiary/aromatic N) is 3. The second-order valence-corrected chi connectivity index (χ2v) is 12.3. The molecule has 4 aromatic rings. The average Bonchev–Trinajstić information content (AvgIpc) is 3.41. The summed E-state index contributed by atoms with van der Waals surface area (Å²) in [5.41, 5.74) is 10.4. The lowest BCUT2D eigenvalue weighted by atomic mass is 10.0. The molecule has 1 aromatic heterocycles. The molecule has 1 aliphatic rings. The maximum Gasteiger partial charge on any atom is 0.283 e. The van der Waals surface area contributed by atoms with Gasteiger partial charge in [-0.2, -0.15) is 0 Å². The fraction of sp³-hybridized carbons (Fsp3) is 0.250. The molecule has 0 saturated carbocycles. The van der Waals surface area contributed by atoms with Gasteiger partial charge in [0.25, 0.3) is 5.91 Å².